The minimum atomic E-state index is -3.29. The number of aliphatic hydroxyl groups excluding tert-OH is 1. The number of nitrogens with one attached hydrogen (secondary N) is 1. The van der Waals surface area contributed by atoms with Gasteiger partial charge in [0.05, 0.1) is 12.6 Å². The Hall–Kier alpha value is -0.750. The Morgan fingerprint density at radius 3 is 2.53 bits per heavy atom. The lowest BCUT2D eigenvalue weighted by Gasteiger charge is -2.20. The number of carbonyl (C=O) groups excluding carboxylic acids is 1. The summed E-state index contributed by atoms with van der Waals surface area (Å²) < 4.78 is 25.1. The average molecular weight is 224 g/mol. The lowest BCUT2D eigenvalue weighted by atomic mass is 9.99. The van der Waals surface area contributed by atoms with Gasteiger partial charge in [-0.05, 0) is 5.92 Å². The van der Waals surface area contributed by atoms with Crippen LogP contribution in [0.3, 0.4) is 0 Å². The first-order valence-electron chi connectivity index (χ1n) is 4.86. The molecule has 90 valence electrons. The minimum absolute atomic E-state index is 0.0623. The predicted molar refractivity (Wildman–Crippen MR) is 52.5 cm³/mol. The summed E-state index contributed by atoms with van der Waals surface area (Å²) >= 11 is 0. The van der Waals surface area contributed by atoms with Crippen LogP contribution in [0.5, 0.6) is 0 Å². The van der Waals surface area contributed by atoms with Crippen molar-refractivity contribution < 1.29 is 18.7 Å². The number of hydrogen-bond donors (Lipinski definition) is 3. The molecule has 1 amide bonds. The van der Waals surface area contributed by atoms with Crippen LogP contribution in [0.15, 0.2) is 0 Å². The first kappa shape index (κ1) is 14.2. The fourth-order valence-electron chi connectivity index (χ4n) is 0.903. The van der Waals surface area contributed by atoms with Gasteiger partial charge in [-0.3, -0.25) is 4.79 Å². The van der Waals surface area contributed by atoms with Gasteiger partial charge >= 0.3 is 0 Å². The molecule has 4 nitrogen and oxygen atoms in total. The molecule has 0 rings (SSSR count). The smallest absolute Gasteiger partial charge is 0.287 e. The summed E-state index contributed by atoms with van der Waals surface area (Å²) in [5.74, 6) is -3.96. The summed E-state index contributed by atoms with van der Waals surface area (Å²) in [6, 6.07) is -0.788. The van der Waals surface area contributed by atoms with Gasteiger partial charge in [0.25, 0.3) is 5.92 Å². The number of rotatable bonds is 6. The van der Waals surface area contributed by atoms with E-state index in [0.717, 1.165) is 0 Å². The number of amides is 1. The summed E-state index contributed by atoms with van der Waals surface area (Å²) in [7, 11) is 0. The molecular weight excluding hydrogens is 206 g/mol. The van der Waals surface area contributed by atoms with Crippen LogP contribution in [0, 0.1) is 5.92 Å². The molecule has 0 saturated heterocycles. The number of nitrogens with two attached hydrogens (primary N) is 1. The first-order valence-corrected chi connectivity index (χ1v) is 4.86. The van der Waals surface area contributed by atoms with E-state index in [0.29, 0.717) is 6.42 Å². The molecule has 0 bridgehead atoms. The van der Waals surface area contributed by atoms with E-state index >= 15 is 0 Å². The predicted octanol–water partition coefficient (Wildman–Crippen LogP) is 0.104. The molecule has 0 aliphatic heterocycles. The number of carbonyl (C=O) groups is 1. The van der Waals surface area contributed by atoms with Crippen LogP contribution in [0.2, 0.25) is 0 Å². The van der Waals surface area contributed by atoms with E-state index in [-0.39, 0.29) is 5.92 Å². The van der Waals surface area contributed by atoms with Crippen LogP contribution in [0.4, 0.5) is 8.78 Å². The Bertz CT molecular complexity index is 212. The molecule has 0 aromatic heterocycles. The molecule has 0 aromatic carbocycles. The molecule has 0 aromatic rings. The fourth-order valence-corrected chi connectivity index (χ4v) is 0.903. The van der Waals surface area contributed by atoms with Crippen LogP contribution in [-0.2, 0) is 4.79 Å². The number of aliphatic hydroxyl groups is 1. The maximum absolute atomic E-state index is 12.6. The molecule has 15 heavy (non-hydrogen) atoms. The highest BCUT2D eigenvalue weighted by atomic mass is 19.3. The zero-order chi connectivity index (χ0) is 12.1. The van der Waals surface area contributed by atoms with Crippen LogP contribution < -0.4 is 11.1 Å². The van der Waals surface area contributed by atoms with Gasteiger partial charge in [-0.2, -0.15) is 0 Å². The summed E-state index contributed by atoms with van der Waals surface area (Å²) in [5, 5.41) is 10.3. The van der Waals surface area contributed by atoms with Crippen molar-refractivity contribution in [2.75, 3.05) is 13.2 Å². The molecule has 0 heterocycles. The molecule has 4 N–H and O–H groups in total. The van der Waals surface area contributed by atoms with E-state index in [2.05, 4.69) is 0 Å². The van der Waals surface area contributed by atoms with E-state index in [1.54, 1.807) is 6.92 Å². The maximum atomic E-state index is 12.6. The topological polar surface area (TPSA) is 75.4 Å². The van der Waals surface area contributed by atoms with Gasteiger partial charge < -0.3 is 16.2 Å². The van der Waals surface area contributed by atoms with Gasteiger partial charge in [-0.25, -0.2) is 8.78 Å². The molecule has 0 fully saturated rings. The molecule has 0 spiro atoms. The van der Waals surface area contributed by atoms with Gasteiger partial charge in [-0.15, -0.1) is 0 Å². The molecule has 0 aliphatic rings. The van der Waals surface area contributed by atoms with Crippen LogP contribution in [-0.4, -0.2) is 36.1 Å². The second-order valence-electron chi connectivity index (χ2n) is 3.64. The number of alkyl halides is 2. The molecular formula is C9H18F2N2O2. The molecule has 0 aliphatic carbocycles. The third kappa shape index (κ3) is 5.03. The van der Waals surface area contributed by atoms with Gasteiger partial charge in [0.2, 0.25) is 5.91 Å². The third-order valence-corrected chi connectivity index (χ3v) is 2.31. The average Bonchev–Trinajstić information content (AvgIpc) is 2.23. The monoisotopic (exact) mass is 224 g/mol. The molecule has 0 radical (unpaired) electrons. The second kappa shape index (κ2) is 5.97. The zero-order valence-corrected chi connectivity index (χ0v) is 8.96. The van der Waals surface area contributed by atoms with Gasteiger partial charge in [0.1, 0.15) is 6.61 Å². The maximum Gasteiger partial charge on any atom is 0.287 e. The fraction of sp³-hybridized carbons (Fsp3) is 0.889. The standard InChI is InChI=1S/C9H18F2N2O2/c1-3-6(2)7(12)8(15)13-4-9(10,11)5-14/h6-7,14H,3-5,12H2,1-2H3,(H,13,15)/t6-,7-/m0/s1. The largest absolute Gasteiger partial charge is 0.390 e. The Morgan fingerprint density at radius 2 is 2.13 bits per heavy atom. The van der Waals surface area contributed by atoms with Crippen molar-refractivity contribution in [3.8, 4) is 0 Å². The van der Waals surface area contributed by atoms with E-state index in [1.807, 2.05) is 12.2 Å². The van der Waals surface area contributed by atoms with Gasteiger partial charge in [0.15, 0.2) is 0 Å². The van der Waals surface area contributed by atoms with Crippen LogP contribution >= 0.6 is 0 Å². The van der Waals surface area contributed by atoms with Crippen molar-refractivity contribution in [2.45, 2.75) is 32.2 Å². The highest BCUT2D eigenvalue weighted by molar-refractivity contribution is 5.81. The minimum Gasteiger partial charge on any atom is -0.390 e. The van der Waals surface area contributed by atoms with E-state index in [1.165, 1.54) is 0 Å². The Morgan fingerprint density at radius 1 is 1.60 bits per heavy atom. The highest BCUT2D eigenvalue weighted by Crippen LogP contribution is 2.10. The van der Waals surface area contributed by atoms with Crippen LogP contribution in [0.25, 0.3) is 0 Å². The number of hydrogen-bond acceptors (Lipinski definition) is 3. The van der Waals surface area contributed by atoms with Crippen LogP contribution in [0.1, 0.15) is 20.3 Å². The van der Waals surface area contributed by atoms with Crippen molar-refractivity contribution in [1.29, 1.82) is 0 Å². The van der Waals surface area contributed by atoms with E-state index in [4.69, 9.17) is 10.8 Å². The second-order valence-corrected chi connectivity index (χ2v) is 3.64. The normalized spacial score (nSPS) is 15.9. The van der Waals surface area contributed by atoms with Gasteiger partial charge in [0, 0.05) is 0 Å². The molecule has 0 saturated carbocycles. The van der Waals surface area contributed by atoms with Crippen molar-refractivity contribution >= 4 is 5.91 Å². The first-order chi connectivity index (χ1) is 6.84. The zero-order valence-electron chi connectivity index (χ0n) is 8.96. The third-order valence-electron chi connectivity index (χ3n) is 2.31. The SMILES string of the molecule is CC[C@H](C)[C@H](N)C(=O)NCC(F)(F)CO. The van der Waals surface area contributed by atoms with E-state index < -0.39 is 31.0 Å². The van der Waals surface area contributed by atoms with Crippen molar-refractivity contribution in [2.24, 2.45) is 11.7 Å². The summed E-state index contributed by atoms with van der Waals surface area (Å²) in [4.78, 5) is 11.3. The highest BCUT2D eigenvalue weighted by Gasteiger charge is 2.29. The van der Waals surface area contributed by atoms with Crippen molar-refractivity contribution in [3.05, 3.63) is 0 Å². The Kier molecular flexibility index (Phi) is 5.67. The number of halogens is 2. The molecule has 0 unspecified atom stereocenters. The van der Waals surface area contributed by atoms with E-state index in [9.17, 15) is 13.6 Å². The lowest BCUT2D eigenvalue weighted by Crippen LogP contribution is -2.48. The molecule has 2 atom stereocenters. The lowest BCUT2D eigenvalue weighted by molar-refractivity contribution is -0.126. The van der Waals surface area contributed by atoms with Gasteiger partial charge in [-0.1, -0.05) is 20.3 Å². The summed E-state index contributed by atoms with van der Waals surface area (Å²) in [6.45, 7) is 1.47. The summed E-state index contributed by atoms with van der Waals surface area (Å²) in [5.41, 5.74) is 5.52. The quantitative estimate of drug-likeness (QED) is 0.599. The molecule has 6 heteroatoms. The Balaban J connectivity index is 4.04. The van der Waals surface area contributed by atoms with Crippen molar-refractivity contribution in [3.63, 3.8) is 0 Å². The van der Waals surface area contributed by atoms with Crippen molar-refractivity contribution in [1.82, 2.24) is 5.32 Å². The Labute approximate surface area is 87.8 Å². The summed E-state index contributed by atoms with van der Waals surface area (Å²) in [6.07, 6.45) is 0.699.